The molecule has 0 spiro atoms. The van der Waals surface area contributed by atoms with Crippen molar-refractivity contribution in [3.8, 4) is 0 Å². The zero-order valence-electron chi connectivity index (χ0n) is 11.0. The molecule has 102 valence electrons. The lowest BCUT2D eigenvalue weighted by Crippen LogP contribution is -2.09. The molecule has 0 amide bonds. The molecule has 1 heterocycles. The molecule has 0 saturated heterocycles. The molecule has 1 aromatic heterocycles. The minimum Gasteiger partial charge on any atom is -0.398 e. The molecule has 0 aliphatic heterocycles. The van der Waals surface area contributed by atoms with Gasteiger partial charge in [0.2, 0.25) is 0 Å². The zero-order chi connectivity index (χ0) is 13.8. The van der Waals surface area contributed by atoms with Gasteiger partial charge in [0.1, 0.15) is 12.2 Å². The number of aromatic nitrogens is 3. The van der Waals surface area contributed by atoms with Crippen molar-refractivity contribution in [1.82, 2.24) is 14.8 Å². The number of benzene rings is 1. The van der Waals surface area contributed by atoms with Gasteiger partial charge in [0, 0.05) is 22.2 Å². The molecule has 1 aromatic carbocycles. The maximum Gasteiger partial charge on any atom is 0.138 e. The lowest BCUT2D eigenvalue weighted by Gasteiger charge is -2.09. The number of nitrogens with two attached hydrogens (primary N) is 1. The van der Waals surface area contributed by atoms with E-state index in [1.165, 1.54) is 0 Å². The lowest BCUT2D eigenvalue weighted by atomic mass is 10.2. The van der Waals surface area contributed by atoms with E-state index in [0.717, 1.165) is 28.7 Å². The summed E-state index contributed by atoms with van der Waals surface area (Å²) in [5.74, 6) is 2.23. The molecule has 0 radical (unpaired) electrons. The first kappa shape index (κ1) is 14.2. The Balaban J connectivity index is 2.06. The molecule has 0 bridgehead atoms. The summed E-state index contributed by atoms with van der Waals surface area (Å²) in [7, 11) is 0. The second kappa shape index (κ2) is 6.30. The fourth-order valence-electron chi connectivity index (χ4n) is 1.67. The quantitative estimate of drug-likeness (QED) is 0.678. The largest absolute Gasteiger partial charge is 0.398 e. The number of nitrogens with zero attached hydrogens (tertiary/aromatic N) is 3. The van der Waals surface area contributed by atoms with Crippen LogP contribution in [-0.2, 0) is 12.3 Å². The first-order valence-corrected chi connectivity index (χ1v) is 7.47. The molecule has 0 atom stereocenters. The van der Waals surface area contributed by atoms with Crippen molar-refractivity contribution >= 4 is 29.1 Å². The van der Waals surface area contributed by atoms with Gasteiger partial charge >= 0.3 is 0 Å². The molecule has 6 heteroatoms. The van der Waals surface area contributed by atoms with Crippen molar-refractivity contribution in [2.45, 2.75) is 31.0 Å². The van der Waals surface area contributed by atoms with Crippen molar-refractivity contribution < 1.29 is 0 Å². The predicted octanol–water partition coefficient (Wildman–Crippen LogP) is 3.46. The Morgan fingerprint density at radius 2 is 2.21 bits per heavy atom. The number of anilines is 1. The van der Waals surface area contributed by atoms with E-state index in [-0.39, 0.29) is 0 Å². The first-order chi connectivity index (χ1) is 9.06. The van der Waals surface area contributed by atoms with Crippen LogP contribution in [0.5, 0.6) is 0 Å². The SMILES string of the molecule is CC(C)Cn1ncnc1CSc1cc(Cl)ccc1N. The topological polar surface area (TPSA) is 56.7 Å². The Bertz CT molecular complexity index is 553. The van der Waals surface area contributed by atoms with Crippen molar-refractivity contribution in [3.05, 3.63) is 35.4 Å². The Morgan fingerprint density at radius 3 is 2.95 bits per heavy atom. The molecule has 2 aromatic rings. The highest BCUT2D eigenvalue weighted by Gasteiger charge is 2.08. The average Bonchev–Trinajstić information content (AvgIpc) is 2.77. The third kappa shape index (κ3) is 3.88. The van der Waals surface area contributed by atoms with Crippen LogP contribution in [0.25, 0.3) is 0 Å². The number of rotatable bonds is 5. The van der Waals surface area contributed by atoms with Gasteiger partial charge in [-0.05, 0) is 24.1 Å². The number of halogens is 1. The fraction of sp³-hybridized carbons (Fsp3) is 0.385. The molecule has 0 unspecified atom stereocenters. The van der Waals surface area contributed by atoms with Gasteiger partial charge in [0.05, 0.1) is 5.75 Å². The third-order valence-corrected chi connectivity index (χ3v) is 3.87. The molecule has 19 heavy (non-hydrogen) atoms. The van der Waals surface area contributed by atoms with Crippen LogP contribution >= 0.6 is 23.4 Å². The van der Waals surface area contributed by atoms with E-state index in [0.29, 0.717) is 10.9 Å². The standard InChI is InChI=1S/C13H17ClN4S/c1-9(2)6-18-13(16-8-17-18)7-19-12-5-10(14)3-4-11(12)15/h3-5,8-9H,6-7,15H2,1-2H3. The molecule has 4 nitrogen and oxygen atoms in total. The summed E-state index contributed by atoms with van der Waals surface area (Å²) in [6, 6.07) is 5.50. The molecule has 0 aliphatic rings. The van der Waals surface area contributed by atoms with Crippen LogP contribution in [0.15, 0.2) is 29.4 Å². The second-order valence-electron chi connectivity index (χ2n) is 4.72. The summed E-state index contributed by atoms with van der Waals surface area (Å²) in [6.45, 7) is 5.20. The van der Waals surface area contributed by atoms with Crippen molar-refractivity contribution in [2.75, 3.05) is 5.73 Å². The highest BCUT2D eigenvalue weighted by atomic mass is 35.5. The fourth-order valence-corrected chi connectivity index (χ4v) is 2.86. The number of hydrogen-bond donors (Lipinski definition) is 1. The minimum absolute atomic E-state index is 0.543. The van der Waals surface area contributed by atoms with Crippen LogP contribution in [0.4, 0.5) is 5.69 Å². The Hall–Kier alpha value is -1.20. The maximum absolute atomic E-state index is 5.98. The van der Waals surface area contributed by atoms with Gasteiger partial charge in [0.15, 0.2) is 0 Å². The second-order valence-corrected chi connectivity index (χ2v) is 6.18. The molecule has 2 N–H and O–H groups in total. The Kier molecular flexibility index (Phi) is 4.71. The van der Waals surface area contributed by atoms with Gasteiger partial charge in [-0.2, -0.15) is 5.10 Å². The van der Waals surface area contributed by atoms with Gasteiger partial charge in [-0.15, -0.1) is 11.8 Å². The summed E-state index contributed by atoms with van der Waals surface area (Å²) in [5, 5.41) is 4.94. The molecule has 2 rings (SSSR count). The van der Waals surface area contributed by atoms with Gasteiger partial charge in [-0.25, -0.2) is 9.67 Å². The van der Waals surface area contributed by atoms with Crippen molar-refractivity contribution in [3.63, 3.8) is 0 Å². The molecule has 0 saturated carbocycles. The summed E-state index contributed by atoms with van der Waals surface area (Å²) < 4.78 is 1.94. The summed E-state index contributed by atoms with van der Waals surface area (Å²) >= 11 is 7.60. The minimum atomic E-state index is 0.543. The van der Waals surface area contributed by atoms with Gasteiger partial charge < -0.3 is 5.73 Å². The highest BCUT2D eigenvalue weighted by Crippen LogP contribution is 2.30. The maximum atomic E-state index is 5.98. The average molecular weight is 297 g/mol. The van der Waals surface area contributed by atoms with Crippen LogP contribution in [0, 0.1) is 5.92 Å². The number of nitrogen functional groups attached to an aromatic ring is 1. The van der Waals surface area contributed by atoms with Crippen molar-refractivity contribution in [2.24, 2.45) is 5.92 Å². The van der Waals surface area contributed by atoms with E-state index in [4.69, 9.17) is 17.3 Å². The number of hydrogen-bond acceptors (Lipinski definition) is 4. The zero-order valence-corrected chi connectivity index (χ0v) is 12.6. The van der Waals surface area contributed by atoms with E-state index in [1.54, 1.807) is 24.2 Å². The van der Waals surface area contributed by atoms with Crippen LogP contribution in [0.3, 0.4) is 0 Å². The summed E-state index contributed by atoms with van der Waals surface area (Å²) in [6.07, 6.45) is 1.60. The number of thioether (sulfide) groups is 1. The lowest BCUT2D eigenvalue weighted by molar-refractivity contribution is 0.472. The Labute approximate surface area is 122 Å². The van der Waals surface area contributed by atoms with E-state index in [1.807, 2.05) is 16.8 Å². The van der Waals surface area contributed by atoms with Gasteiger partial charge in [0.25, 0.3) is 0 Å². The summed E-state index contributed by atoms with van der Waals surface area (Å²) in [5.41, 5.74) is 6.67. The van der Waals surface area contributed by atoms with Crippen molar-refractivity contribution in [1.29, 1.82) is 0 Å². The predicted molar refractivity (Wildman–Crippen MR) is 80.3 cm³/mol. The highest BCUT2D eigenvalue weighted by molar-refractivity contribution is 7.98. The molecular formula is C13H17ClN4S. The van der Waals surface area contributed by atoms with Crippen LogP contribution in [0.1, 0.15) is 19.7 Å². The Morgan fingerprint density at radius 1 is 1.42 bits per heavy atom. The van der Waals surface area contributed by atoms with E-state index >= 15 is 0 Å². The van der Waals surface area contributed by atoms with E-state index < -0.39 is 0 Å². The monoisotopic (exact) mass is 296 g/mol. The third-order valence-electron chi connectivity index (χ3n) is 2.57. The van der Waals surface area contributed by atoms with Crippen LogP contribution in [-0.4, -0.2) is 14.8 Å². The molecule has 0 fully saturated rings. The smallest absolute Gasteiger partial charge is 0.138 e. The van der Waals surface area contributed by atoms with Gasteiger partial charge in [-0.1, -0.05) is 25.4 Å². The summed E-state index contributed by atoms with van der Waals surface area (Å²) in [4.78, 5) is 5.27. The first-order valence-electron chi connectivity index (χ1n) is 6.10. The van der Waals surface area contributed by atoms with E-state index in [9.17, 15) is 0 Å². The normalized spacial score (nSPS) is 11.2. The van der Waals surface area contributed by atoms with E-state index in [2.05, 4.69) is 23.9 Å². The van der Waals surface area contributed by atoms with Crippen LogP contribution < -0.4 is 5.73 Å². The van der Waals surface area contributed by atoms with Crippen LogP contribution in [0.2, 0.25) is 5.02 Å². The van der Waals surface area contributed by atoms with Gasteiger partial charge in [-0.3, -0.25) is 0 Å². The molecular weight excluding hydrogens is 280 g/mol. The molecule has 0 aliphatic carbocycles.